The molecule has 0 aromatic rings. The van der Waals surface area contributed by atoms with E-state index in [9.17, 15) is 0 Å². The molecule has 1 rings (SSSR count). The largest absolute Gasteiger partial charge is 0.313 e. The zero-order chi connectivity index (χ0) is 10.4. The third-order valence-electron chi connectivity index (χ3n) is 3.42. The fourth-order valence-corrected chi connectivity index (χ4v) is 2.80. The van der Waals surface area contributed by atoms with Crippen LogP contribution in [-0.4, -0.2) is 24.6 Å². The lowest BCUT2D eigenvalue weighted by Gasteiger charge is -2.39. The van der Waals surface area contributed by atoms with Gasteiger partial charge in [-0.3, -0.25) is 0 Å². The molecule has 1 N–H and O–H groups in total. The van der Waals surface area contributed by atoms with Crippen LogP contribution in [0, 0.1) is 5.41 Å². The molecule has 0 radical (unpaired) electrons. The minimum atomic E-state index is 0.525. The number of hydrogen-bond donors (Lipinski definition) is 1. The Labute approximate surface area is 93.4 Å². The molecule has 0 amide bonds. The minimum Gasteiger partial charge on any atom is -0.313 e. The van der Waals surface area contributed by atoms with Gasteiger partial charge >= 0.3 is 0 Å². The zero-order valence-electron chi connectivity index (χ0n) is 9.94. The molecule has 0 aromatic carbocycles. The molecule has 1 fully saturated rings. The Kier molecular flexibility index (Phi) is 5.32. The summed E-state index contributed by atoms with van der Waals surface area (Å²) >= 11 is 1.95. The van der Waals surface area contributed by atoms with E-state index in [1.807, 2.05) is 11.8 Å². The quantitative estimate of drug-likeness (QED) is 0.706. The third-order valence-corrected chi connectivity index (χ3v) is 4.12. The molecule has 0 spiro atoms. The summed E-state index contributed by atoms with van der Waals surface area (Å²) in [5.74, 6) is 1.29. The highest BCUT2D eigenvalue weighted by Gasteiger charge is 2.31. The summed E-state index contributed by atoms with van der Waals surface area (Å²) in [5.41, 5.74) is 0.525. The van der Waals surface area contributed by atoms with Gasteiger partial charge in [-0.05, 0) is 43.2 Å². The molecule has 1 nitrogen and oxygen atoms in total. The van der Waals surface area contributed by atoms with Gasteiger partial charge in [-0.15, -0.1) is 0 Å². The average molecular weight is 215 g/mol. The van der Waals surface area contributed by atoms with Crippen molar-refractivity contribution in [2.45, 2.75) is 52.0 Å². The maximum Gasteiger partial charge on any atom is 0.0118 e. The van der Waals surface area contributed by atoms with Crippen LogP contribution >= 0.6 is 11.8 Å². The summed E-state index contributed by atoms with van der Waals surface area (Å²) in [6.45, 7) is 6.03. The average Bonchev–Trinajstić information content (AvgIpc) is 2.14. The van der Waals surface area contributed by atoms with Crippen molar-refractivity contribution in [2.75, 3.05) is 18.6 Å². The van der Waals surface area contributed by atoms with E-state index in [2.05, 4.69) is 25.4 Å². The predicted molar refractivity (Wildman–Crippen MR) is 67.0 cm³/mol. The molecular formula is C12H25NS. The van der Waals surface area contributed by atoms with E-state index in [0.717, 1.165) is 6.04 Å². The van der Waals surface area contributed by atoms with E-state index in [1.54, 1.807) is 0 Å². The van der Waals surface area contributed by atoms with Crippen molar-refractivity contribution in [1.82, 2.24) is 5.32 Å². The molecule has 2 heteroatoms. The lowest BCUT2D eigenvalue weighted by Crippen LogP contribution is -2.44. The van der Waals surface area contributed by atoms with Crippen molar-refractivity contribution < 1.29 is 0 Å². The van der Waals surface area contributed by atoms with Crippen LogP contribution in [0.3, 0.4) is 0 Å². The van der Waals surface area contributed by atoms with Gasteiger partial charge in [-0.25, -0.2) is 0 Å². The van der Waals surface area contributed by atoms with E-state index < -0.39 is 0 Å². The number of rotatable bonds is 5. The first kappa shape index (κ1) is 12.4. The summed E-state index contributed by atoms with van der Waals surface area (Å²) in [7, 11) is 0. The predicted octanol–water partition coefficient (Wildman–Crippen LogP) is 3.30. The molecule has 1 unspecified atom stereocenters. The van der Waals surface area contributed by atoms with Crippen LogP contribution in [0.5, 0.6) is 0 Å². The van der Waals surface area contributed by atoms with E-state index in [1.165, 1.54) is 44.4 Å². The smallest absolute Gasteiger partial charge is 0.0118 e. The number of hydrogen-bond acceptors (Lipinski definition) is 2. The molecule has 0 bridgehead atoms. The van der Waals surface area contributed by atoms with Gasteiger partial charge in [0.1, 0.15) is 0 Å². The lowest BCUT2D eigenvalue weighted by molar-refractivity contribution is 0.168. The topological polar surface area (TPSA) is 12.0 Å². The molecular weight excluding hydrogens is 190 g/mol. The van der Waals surface area contributed by atoms with Crippen molar-refractivity contribution in [1.29, 1.82) is 0 Å². The Morgan fingerprint density at radius 2 is 2.14 bits per heavy atom. The van der Waals surface area contributed by atoms with Crippen molar-refractivity contribution >= 4 is 11.8 Å². The molecule has 1 saturated carbocycles. The monoisotopic (exact) mass is 215 g/mol. The Balaban J connectivity index is 2.20. The van der Waals surface area contributed by atoms with Crippen LogP contribution in [0.2, 0.25) is 0 Å². The van der Waals surface area contributed by atoms with Crippen LogP contribution < -0.4 is 5.32 Å². The second kappa shape index (κ2) is 6.02. The van der Waals surface area contributed by atoms with Crippen LogP contribution in [-0.2, 0) is 0 Å². The summed E-state index contributed by atoms with van der Waals surface area (Å²) in [6.07, 6.45) is 9.12. The SMILES string of the molecule is CSCCCNC1CCCCC1(C)C. The molecule has 0 aliphatic heterocycles. The molecule has 0 aromatic heterocycles. The Morgan fingerprint density at radius 1 is 1.36 bits per heavy atom. The summed E-state index contributed by atoms with van der Waals surface area (Å²) in [5, 5.41) is 3.73. The molecule has 0 heterocycles. The van der Waals surface area contributed by atoms with Crippen LogP contribution in [0.25, 0.3) is 0 Å². The first-order chi connectivity index (χ1) is 6.67. The molecule has 1 aliphatic carbocycles. The van der Waals surface area contributed by atoms with Crippen molar-refractivity contribution in [3.05, 3.63) is 0 Å². The maximum atomic E-state index is 3.73. The fourth-order valence-electron chi connectivity index (χ4n) is 2.37. The fraction of sp³-hybridized carbons (Fsp3) is 1.00. The van der Waals surface area contributed by atoms with Gasteiger partial charge in [0.25, 0.3) is 0 Å². The lowest BCUT2D eigenvalue weighted by atomic mass is 9.73. The molecule has 84 valence electrons. The molecule has 1 atom stereocenters. The van der Waals surface area contributed by atoms with Crippen LogP contribution in [0.4, 0.5) is 0 Å². The number of thioether (sulfide) groups is 1. The second-order valence-corrected chi connectivity index (χ2v) is 6.07. The summed E-state index contributed by atoms with van der Waals surface area (Å²) in [6, 6.07) is 0.762. The van der Waals surface area contributed by atoms with Gasteiger partial charge < -0.3 is 5.32 Å². The van der Waals surface area contributed by atoms with Crippen molar-refractivity contribution in [3.8, 4) is 0 Å². The van der Waals surface area contributed by atoms with Gasteiger partial charge in [0, 0.05) is 6.04 Å². The Morgan fingerprint density at radius 3 is 2.79 bits per heavy atom. The summed E-state index contributed by atoms with van der Waals surface area (Å²) in [4.78, 5) is 0. The van der Waals surface area contributed by atoms with Crippen molar-refractivity contribution in [3.63, 3.8) is 0 Å². The van der Waals surface area contributed by atoms with Gasteiger partial charge in [0.2, 0.25) is 0 Å². The van der Waals surface area contributed by atoms with Gasteiger partial charge in [-0.2, -0.15) is 11.8 Å². The standard InChI is InChI=1S/C12H25NS/c1-12(2)8-5-4-7-11(12)13-9-6-10-14-3/h11,13H,4-10H2,1-3H3. The second-order valence-electron chi connectivity index (χ2n) is 5.09. The van der Waals surface area contributed by atoms with Gasteiger partial charge in [-0.1, -0.05) is 26.7 Å². The summed E-state index contributed by atoms with van der Waals surface area (Å²) < 4.78 is 0. The Bertz CT molecular complexity index is 156. The highest BCUT2D eigenvalue weighted by Crippen LogP contribution is 2.35. The minimum absolute atomic E-state index is 0.525. The molecule has 1 aliphatic rings. The highest BCUT2D eigenvalue weighted by molar-refractivity contribution is 7.98. The molecule has 14 heavy (non-hydrogen) atoms. The highest BCUT2D eigenvalue weighted by atomic mass is 32.2. The van der Waals surface area contributed by atoms with Crippen LogP contribution in [0.1, 0.15) is 46.0 Å². The first-order valence-corrected chi connectivity index (χ1v) is 7.28. The Hall–Kier alpha value is 0.310. The van der Waals surface area contributed by atoms with E-state index in [4.69, 9.17) is 0 Å². The van der Waals surface area contributed by atoms with E-state index in [0.29, 0.717) is 5.41 Å². The van der Waals surface area contributed by atoms with Crippen LogP contribution in [0.15, 0.2) is 0 Å². The normalized spacial score (nSPS) is 26.4. The maximum absolute atomic E-state index is 3.73. The van der Waals surface area contributed by atoms with Crippen molar-refractivity contribution in [2.24, 2.45) is 5.41 Å². The van der Waals surface area contributed by atoms with Gasteiger partial charge in [0.15, 0.2) is 0 Å². The molecule has 0 saturated heterocycles. The van der Waals surface area contributed by atoms with E-state index >= 15 is 0 Å². The zero-order valence-corrected chi connectivity index (χ0v) is 10.8. The van der Waals surface area contributed by atoms with E-state index in [-0.39, 0.29) is 0 Å². The van der Waals surface area contributed by atoms with Gasteiger partial charge in [0.05, 0.1) is 0 Å². The third kappa shape index (κ3) is 3.82. The first-order valence-electron chi connectivity index (χ1n) is 5.89. The number of nitrogens with one attached hydrogen (secondary N) is 1.